The summed E-state index contributed by atoms with van der Waals surface area (Å²) in [5.41, 5.74) is 0.659. The van der Waals surface area contributed by atoms with Gasteiger partial charge in [-0.3, -0.25) is 0 Å². The normalized spacial score (nSPS) is 11.2. The molecule has 0 spiro atoms. The summed E-state index contributed by atoms with van der Waals surface area (Å²) in [5, 5.41) is 19.6. The van der Waals surface area contributed by atoms with Crippen LogP contribution in [0.15, 0.2) is 47.5 Å². The van der Waals surface area contributed by atoms with Crippen molar-refractivity contribution in [2.45, 2.75) is 11.4 Å². The van der Waals surface area contributed by atoms with Crippen molar-refractivity contribution in [1.29, 1.82) is 0 Å². The Morgan fingerprint density at radius 1 is 1.19 bits per heavy atom. The van der Waals surface area contributed by atoms with Crippen LogP contribution in [-0.4, -0.2) is 23.4 Å². The summed E-state index contributed by atoms with van der Waals surface area (Å²) in [4.78, 5) is 13.0. The van der Waals surface area contributed by atoms with E-state index in [9.17, 15) is 18.5 Å². The number of aromatic nitrogens is 1. The first-order chi connectivity index (χ1) is 9.88. The molecular formula is C12H11N3O5S. The van der Waals surface area contributed by atoms with Gasteiger partial charge in [0.1, 0.15) is 10.6 Å². The third-order valence-corrected chi connectivity index (χ3v) is 4.01. The molecule has 8 nitrogen and oxygen atoms in total. The van der Waals surface area contributed by atoms with Gasteiger partial charge in [-0.2, -0.15) is 0 Å². The standard InChI is InChI=1S/C12H11N3O5S/c16-10-3-1-9(2-4-10)7-14-21(19,20)11-5-6-12(13-8-11)15(17)18/h1-6,8,14,16H,7H2. The second kappa shape index (κ2) is 5.85. The van der Waals surface area contributed by atoms with Crippen LogP contribution in [0, 0.1) is 10.1 Å². The van der Waals surface area contributed by atoms with E-state index in [4.69, 9.17) is 5.11 Å². The predicted molar refractivity (Wildman–Crippen MR) is 73.0 cm³/mol. The number of rotatable bonds is 5. The lowest BCUT2D eigenvalue weighted by Crippen LogP contribution is -2.23. The average molecular weight is 309 g/mol. The molecule has 0 atom stereocenters. The smallest absolute Gasteiger partial charge is 0.363 e. The molecule has 0 aliphatic carbocycles. The van der Waals surface area contributed by atoms with Crippen LogP contribution >= 0.6 is 0 Å². The maximum atomic E-state index is 12.0. The van der Waals surface area contributed by atoms with Gasteiger partial charge in [0.25, 0.3) is 0 Å². The van der Waals surface area contributed by atoms with Gasteiger partial charge in [0.05, 0.1) is 0 Å². The molecule has 0 fully saturated rings. The Balaban J connectivity index is 2.11. The van der Waals surface area contributed by atoms with Gasteiger partial charge in [-0.15, -0.1) is 0 Å². The third kappa shape index (κ3) is 3.74. The fraction of sp³-hybridized carbons (Fsp3) is 0.0833. The van der Waals surface area contributed by atoms with Gasteiger partial charge in [-0.05, 0) is 33.7 Å². The van der Waals surface area contributed by atoms with Crippen molar-refractivity contribution in [3.63, 3.8) is 0 Å². The number of nitrogens with one attached hydrogen (secondary N) is 1. The number of phenolic OH excluding ortho intramolecular Hbond substituents is 1. The van der Waals surface area contributed by atoms with Gasteiger partial charge in [-0.25, -0.2) is 13.1 Å². The Labute approximate surface area is 120 Å². The molecule has 1 aromatic carbocycles. The second-order valence-corrected chi connectivity index (χ2v) is 5.87. The minimum Gasteiger partial charge on any atom is -0.508 e. The number of nitro groups is 1. The molecule has 0 saturated heterocycles. The maximum absolute atomic E-state index is 12.0. The van der Waals surface area contributed by atoms with Crippen molar-refractivity contribution in [1.82, 2.24) is 9.71 Å². The van der Waals surface area contributed by atoms with E-state index in [1.165, 1.54) is 12.1 Å². The minimum absolute atomic E-state index is 0.0274. The van der Waals surface area contributed by atoms with E-state index in [1.54, 1.807) is 12.1 Å². The van der Waals surface area contributed by atoms with E-state index in [2.05, 4.69) is 9.71 Å². The molecule has 0 aliphatic heterocycles. The molecule has 0 unspecified atom stereocenters. The van der Waals surface area contributed by atoms with Crippen molar-refractivity contribution in [2.24, 2.45) is 0 Å². The summed E-state index contributed by atoms with van der Waals surface area (Å²) < 4.78 is 26.3. The number of pyridine rings is 1. The van der Waals surface area contributed by atoms with Crippen LogP contribution in [0.2, 0.25) is 0 Å². The first-order valence-corrected chi connectivity index (χ1v) is 7.25. The Kier molecular flexibility index (Phi) is 4.15. The van der Waals surface area contributed by atoms with Gasteiger partial charge in [0.2, 0.25) is 10.0 Å². The zero-order valence-corrected chi connectivity index (χ0v) is 11.4. The molecule has 0 aliphatic rings. The molecule has 0 amide bonds. The van der Waals surface area contributed by atoms with Crippen LogP contribution < -0.4 is 4.72 Å². The summed E-state index contributed by atoms with van der Waals surface area (Å²) in [6.07, 6.45) is 0.928. The third-order valence-electron chi connectivity index (χ3n) is 2.62. The van der Waals surface area contributed by atoms with Gasteiger partial charge in [-0.1, -0.05) is 12.1 Å². The van der Waals surface area contributed by atoms with Gasteiger partial charge >= 0.3 is 5.82 Å². The minimum atomic E-state index is -3.81. The molecule has 0 saturated carbocycles. The van der Waals surface area contributed by atoms with Crippen molar-refractivity contribution in [2.75, 3.05) is 0 Å². The number of sulfonamides is 1. The average Bonchev–Trinajstić information content (AvgIpc) is 2.47. The molecule has 0 bridgehead atoms. The van der Waals surface area contributed by atoms with Crippen LogP contribution in [0.3, 0.4) is 0 Å². The largest absolute Gasteiger partial charge is 0.508 e. The Bertz CT molecular complexity index is 741. The van der Waals surface area contributed by atoms with Crippen LogP contribution in [0.4, 0.5) is 5.82 Å². The highest BCUT2D eigenvalue weighted by Crippen LogP contribution is 2.13. The predicted octanol–water partition coefficient (Wildman–Crippen LogP) is 1.17. The Morgan fingerprint density at radius 2 is 1.86 bits per heavy atom. The summed E-state index contributed by atoms with van der Waals surface area (Å²) in [6.45, 7) is 0.0274. The Morgan fingerprint density at radius 3 is 2.38 bits per heavy atom. The lowest BCUT2D eigenvalue weighted by molar-refractivity contribution is -0.389. The first kappa shape index (κ1) is 14.9. The van der Waals surface area contributed by atoms with E-state index in [1.807, 2.05) is 0 Å². The molecule has 2 N–H and O–H groups in total. The van der Waals surface area contributed by atoms with E-state index in [-0.39, 0.29) is 17.2 Å². The highest BCUT2D eigenvalue weighted by Gasteiger charge is 2.17. The zero-order valence-electron chi connectivity index (χ0n) is 10.6. The summed E-state index contributed by atoms with van der Waals surface area (Å²) in [5.74, 6) is -0.339. The van der Waals surface area contributed by atoms with Crippen LogP contribution in [0.25, 0.3) is 0 Å². The topological polar surface area (TPSA) is 122 Å². The van der Waals surface area contributed by atoms with Gasteiger partial charge in [0, 0.05) is 12.6 Å². The van der Waals surface area contributed by atoms with E-state index in [0.29, 0.717) is 5.56 Å². The lowest BCUT2D eigenvalue weighted by atomic mass is 10.2. The molecule has 2 aromatic rings. The van der Waals surface area contributed by atoms with Crippen molar-refractivity contribution in [3.8, 4) is 5.75 Å². The van der Waals surface area contributed by atoms with Gasteiger partial charge in [0.15, 0.2) is 6.20 Å². The SMILES string of the molecule is O=[N+]([O-])c1ccc(S(=O)(=O)NCc2ccc(O)cc2)cn1. The van der Waals surface area contributed by atoms with Crippen LogP contribution in [-0.2, 0) is 16.6 Å². The second-order valence-electron chi connectivity index (χ2n) is 4.10. The quantitative estimate of drug-likeness (QED) is 0.631. The highest BCUT2D eigenvalue weighted by atomic mass is 32.2. The molecule has 21 heavy (non-hydrogen) atoms. The number of phenols is 1. The molecular weight excluding hydrogens is 298 g/mol. The van der Waals surface area contributed by atoms with Crippen LogP contribution in [0.5, 0.6) is 5.75 Å². The fourth-order valence-electron chi connectivity index (χ4n) is 1.51. The molecule has 2 rings (SSSR count). The molecule has 1 aromatic heterocycles. The zero-order chi connectivity index (χ0) is 15.5. The van der Waals surface area contributed by atoms with Crippen molar-refractivity contribution < 1.29 is 18.4 Å². The number of aromatic hydroxyl groups is 1. The van der Waals surface area contributed by atoms with Crippen molar-refractivity contribution >= 4 is 15.8 Å². The Hall–Kier alpha value is -2.52. The van der Waals surface area contributed by atoms with E-state index < -0.39 is 20.8 Å². The molecule has 9 heteroatoms. The molecule has 1 heterocycles. The maximum Gasteiger partial charge on any atom is 0.363 e. The molecule has 0 radical (unpaired) electrons. The summed E-state index contributed by atoms with van der Waals surface area (Å²) >= 11 is 0. The number of hydrogen-bond donors (Lipinski definition) is 2. The fourth-order valence-corrected chi connectivity index (χ4v) is 2.48. The van der Waals surface area contributed by atoms with Crippen molar-refractivity contribution in [3.05, 3.63) is 58.3 Å². The summed E-state index contributed by atoms with van der Waals surface area (Å²) in [7, 11) is -3.81. The van der Waals surface area contributed by atoms with E-state index >= 15 is 0 Å². The highest BCUT2D eigenvalue weighted by molar-refractivity contribution is 7.89. The monoisotopic (exact) mass is 309 g/mol. The lowest BCUT2D eigenvalue weighted by Gasteiger charge is -2.05. The first-order valence-electron chi connectivity index (χ1n) is 5.76. The van der Waals surface area contributed by atoms with E-state index in [0.717, 1.165) is 18.3 Å². The molecule has 110 valence electrons. The number of nitrogens with zero attached hydrogens (tertiary/aromatic N) is 2. The summed E-state index contributed by atoms with van der Waals surface area (Å²) in [6, 6.07) is 8.17. The van der Waals surface area contributed by atoms with Gasteiger partial charge < -0.3 is 15.2 Å². The number of benzene rings is 1. The number of hydrogen-bond acceptors (Lipinski definition) is 6. The van der Waals surface area contributed by atoms with Crippen LogP contribution in [0.1, 0.15) is 5.56 Å².